The Morgan fingerprint density at radius 1 is 1.23 bits per heavy atom. The van der Waals surface area contributed by atoms with Crippen LogP contribution in [-0.2, 0) is 9.59 Å². The van der Waals surface area contributed by atoms with Gasteiger partial charge in [0, 0.05) is 0 Å². The van der Waals surface area contributed by atoms with Crippen LogP contribution in [0.15, 0.2) is 24.3 Å². The number of rotatable bonds is 6. The minimum atomic E-state index is -0.702. The molecule has 0 spiro atoms. The maximum Gasteiger partial charge on any atom is 0.240 e. The molecule has 1 rings (SSSR count). The van der Waals surface area contributed by atoms with Gasteiger partial charge in [-0.25, -0.2) is 0 Å². The lowest BCUT2D eigenvalue weighted by Gasteiger charge is -2.30. The van der Waals surface area contributed by atoms with Crippen LogP contribution in [0, 0.1) is 5.41 Å². The zero-order chi connectivity index (χ0) is 16.9. The second-order valence-corrected chi connectivity index (χ2v) is 6.44. The Morgan fingerprint density at radius 3 is 2.14 bits per heavy atom. The fourth-order valence-corrected chi connectivity index (χ4v) is 2.37. The van der Waals surface area contributed by atoms with E-state index in [1.165, 1.54) is 0 Å². The van der Waals surface area contributed by atoms with Crippen LogP contribution in [-0.4, -0.2) is 25.0 Å². The summed E-state index contributed by atoms with van der Waals surface area (Å²) >= 11 is 0. The van der Waals surface area contributed by atoms with Gasteiger partial charge in [0.15, 0.2) is 0 Å². The van der Waals surface area contributed by atoms with Crippen LogP contribution in [0.25, 0.3) is 0 Å². The number of hydrogen-bond donors (Lipinski definition) is 2. The van der Waals surface area contributed by atoms with Crippen molar-refractivity contribution in [1.82, 2.24) is 5.32 Å². The van der Waals surface area contributed by atoms with Gasteiger partial charge in [-0.3, -0.25) is 9.59 Å². The van der Waals surface area contributed by atoms with E-state index < -0.39 is 17.4 Å². The molecule has 1 aromatic rings. The van der Waals surface area contributed by atoms with Crippen molar-refractivity contribution < 1.29 is 14.3 Å². The molecule has 0 aliphatic carbocycles. The molecule has 3 N–H and O–H groups in total. The highest BCUT2D eigenvalue weighted by Crippen LogP contribution is 2.25. The number of nitrogens with two attached hydrogens (primary N) is 1. The standard InChI is InChI=1S/C17H26N2O3/c1-6-13(11-7-9-12(22-5)10-8-11)16(21)19-14(15(18)20)17(2,3)4/h7-10,13-14H,6H2,1-5H3,(H2,18,20)(H,19,21)/t13-,14-/m0/s1. The van der Waals surface area contributed by atoms with Crippen molar-refractivity contribution in [3.05, 3.63) is 29.8 Å². The molecule has 22 heavy (non-hydrogen) atoms. The first-order valence-electron chi connectivity index (χ1n) is 7.44. The summed E-state index contributed by atoms with van der Waals surface area (Å²) in [6, 6.07) is 6.67. The summed E-state index contributed by atoms with van der Waals surface area (Å²) in [6.07, 6.45) is 0.633. The van der Waals surface area contributed by atoms with Crippen molar-refractivity contribution in [2.24, 2.45) is 11.1 Å². The summed E-state index contributed by atoms with van der Waals surface area (Å²) in [4.78, 5) is 24.1. The first-order chi connectivity index (χ1) is 10.2. The fraction of sp³-hybridized carbons (Fsp3) is 0.529. The first-order valence-corrected chi connectivity index (χ1v) is 7.44. The van der Waals surface area contributed by atoms with E-state index in [0.29, 0.717) is 6.42 Å². The molecule has 0 bridgehead atoms. The van der Waals surface area contributed by atoms with E-state index in [0.717, 1.165) is 11.3 Å². The summed E-state index contributed by atoms with van der Waals surface area (Å²) < 4.78 is 5.12. The van der Waals surface area contributed by atoms with Gasteiger partial charge in [0.25, 0.3) is 0 Å². The van der Waals surface area contributed by atoms with E-state index in [2.05, 4.69) is 5.32 Å². The highest BCUT2D eigenvalue weighted by molar-refractivity contribution is 5.90. The molecule has 0 heterocycles. The molecule has 122 valence electrons. The van der Waals surface area contributed by atoms with Gasteiger partial charge < -0.3 is 15.8 Å². The van der Waals surface area contributed by atoms with Gasteiger partial charge in [-0.15, -0.1) is 0 Å². The van der Waals surface area contributed by atoms with Crippen LogP contribution in [0.3, 0.4) is 0 Å². The van der Waals surface area contributed by atoms with E-state index >= 15 is 0 Å². The molecule has 0 fully saturated rings. The molecule has 5 heteroatoms. The van der Waals surface area contributed by atoms with Gasteiger partial charge in [0.1, 0.15) is 11.8 Å². The number of carbonyl (C=O) groups excluding carboxylic acids is 2. The second kappa shape index (κ2) is 7.29. The molecule has 0 aliphatic rings. The third-order valence-electron chi connectivity index (χ3n) is 3.68. The lowest BCUT2D eigenvalue weighted by molar-refractivity contribution is -0.130. The minimum Gasteiger partial charge on any atom is -0.497 e. The molecule has 0 saturated heterocycles. The van der Waals surface area contributed by atoms with Crippen LogP contribution in [0.2, 0.25) is 0 Å². The van der Waals surface area contributed by atoms with Gasteiger partial charge in [-0.05, 0) is 29.5 Å². The number of carbonyl (C=O) groups is 2. The van der Waals surface area contributed by atoms with E-state index in [4.69, 9.17) is 10.5 Å². The summed E-state index contributed by atoms with van der Waals surface area (Å²) in [5, 5.41) is 2.79. The molecule has 5 nitrogen and oxygen atoms in total. The van der Waals surface area contributed by atoms with Gasteiger partial charge in [-0.2, -0.15) is 0 Å². The number of benzene rings is 1. The number of methoxy groups -OCH3 is 1. The largest absolute Gasteiger partial charge is 0.497 e. The molecule has 2 atom stereocenters. The van der Waals surface area contributed by atoms with Gasteiger partial charge in [-0.1, -0.05) is 39.8 Å². The summed E-state index contributed by atoms with van der Waals surface area (Å²) in [5.74, 6) is -0.296. The average molecular weight is 306 g/mol. The Hall–Kier alpha value is -2.04. The third-order valence-corrected chi connectivity index (χ3v) is 3.68. The van der Waals surface area contributed by atoms with Gasteiger partial charge in [0.2, 0.25) is 11.8 Å². The Balaban J connectivity index is 2.93. The molecule has 2 amide bonds. The maximum absolute atomic E-state index is 12.5. The van der Waals surface area contributed by atoms with Crippen molar-refractivity contribution in [1.29, 1.82) is 0 Å². The number of ether oxygens (including phenoxy) is 1. The quantitative estimate of drug-likeness (QED) is 0.845. The average Bonchev–Trinajstić information content (AvgIpc) is 2.44. The highest BCUT2D eigenvalue weighted by Gasteiger charge is 2.33. The molecular formula is C17H26N2O3. The third kappa shape index (κ3) is 4.48. The molecule has 0 unspecified atom stereocenters. The van der Waals surface area contributed by atoms with Crippen LogP contribution < -0.4 is 15.8 Å². The van der Waals surface area contributed by atoms with Crippen LogP contribution >= 0.6 is 0 Å². The van der Waals surface area contributed by atoms with Crippen molar-refractivity contribution in [3.63, 3.8) is 0 Å². The smallest absolute Gasteiger partial charge is 0.240 e. The van der Waals surface area contributed by atoms with Crippen molar-refractivity contribution in [3.8, 4) is 5.75 Å². The second-order valence-electron chi connectivity index (χ2n) is 6.44. The van der Waals surface area contributed by atoms with Gasteiger partial charge >= 0.3 is 0 Å². The van der Waals surface area contributed by atoms with Gasteiger partial charge in [0.05, 0.1) is 13.0 Å². The predicted molar refractivity (Wildman–Crippen MR) is 86.6 cm³/mol. The summed E-state index contributed by atoms with van der Waals surface area (Å²) in [6.45, 7) is 7.55. The summed E-state index contributed by atoms with van der Waals surface area (Å²) in [7, 11) is 1.60. The van der Waals surface area contributed by atoms with Crippen molar-refractivity contribution >= 4 is 11.8 Å². The Bertz CT molecular complexity index is 518. The molecule has 0 saturated carbocycles. The zero-order valence-electron chi connectivity index (χ0n) is 14.0. The number of nitrogens with one attached hydrogen (secondary N) is 1. The first kappa shape index (κ1) is 18.0. The lowest BCUT2D eigenvalue weighted by atomic mass is 9.85. The zero-order valence-corrected chi connectivity index (χ0v) is 14.0. The number of amides is 2. The van der Waals surface area contributed by atoms with E-state index in [-0.39, 0.29) is 11.8 Å². The van der Waals surface area contributed by atoms with Crippen LogP contribution in [0.5, 0.6) is 5.75 Å². The van der Waals surface area contributed by atoms with E-state index in [9.17, 15) is 9.59 Å². The highest BCUT2D eigenvalue weighted by atomic mass is 16.5. The Morgan fingerprint density at radius 2 is 1.77 bits per heavy atom. The normalized spacial score (nSPS) is 14.0. The van der Waals surface area contributed by atoms with Crippen molar-refractivity contribution in [2.45, 2.75) is 46.1 Å². The number of hydrogen-bond acceptors (Lipinski definition) is 3. The lowest BCUT2D eigenvalue weighted by Crippen LogP contribution is -2.53. The van der Waals surface area contributed by atoms with E-state index in [1.54, 1.807) is 7.11 Å². The predicted octanol–water partition coefficient (Wildman–Crippen LogP) is 2.21. The monoisotopic (exact) mass is 306 g/mol. The van der Waals surface area contributed by atoms with Crippen molar-refractivity contribution in [2.75, 3.05) is 7.11 Å². The molecule has 0 aliphatic heterocycles. The SMILES string of the molecule is CC[C@H](C(=O)N[C@@H](C(N)=O)C(C)(C)C)c1ccc(OC)cc1. The molecule has 1 aromatic carbocycles. The topological polar surface area (TPSA) is 81.4 Å². The summed E-state index contributed by atoms with van der Waals surface area (Å²) in [5.41, 5.74) is 5.88. The molecule has 0 radical (unpaired) electrons. The minimum absolute atomic E-state index is 0.189. The Kier molecular flexibility index (Phi) is 5.97. The fourth-order valence-electron chi connectivity index (χ4n) is 2.37. The molecule has 0 aromatic heterocycles. The van der Waals surface area contributed by atoms with Crippen LogP contribution in [0.4, 0.5) is 0 Å². The Labute approximate surface area is 132 Å². The van der Waals surface area contributed by atoms with E-state index in [1.807, 2.05) is 52.0 Å². The maximum atomic E-state index is 12.5. The van der Waals surface area contributed by atoms with Crippen LogP contribution in [0.1, 0.15) is 45.6 Å². The number of primary amides is 1. The molecular weight excluding hydrogens is 280 g/mol.